The molecule has 4 heteroatoms. The van der Waals surface area contributed by atoms with E-state index in [0.29, 0.717) is 25.9 Å². The van der Waals surface area contributed by atoms with Gasteiger partial charge in [-0.2, -0.15) is 0 Å². The topological polar surface area (TPSA) is 49.4 Å². The molecule has 0 fully saturated rings. The van der Waals surface area contributed by atoms with Crippen LogP contribution in [0.3, 0.4) is 0 Å². The van der Waals surface area contributed by atoms with Crippen LogP contribution in [-0.4, -0.2) is 35.8 Å². The van der Waals surface area contributed by atoms with Gasteiger partial charge in [-0.05, 0) is 42.9 Å². The van der Waals surface area contributed by atoms with Crippen molar-refractivity contribution >= 4 is 11.8 Å². The van der Waals surface area contributed by atoms with Gasteiger partial charge in [-0.1, -0.05) is 68.4 Å². The van der Waals surface area contributed by atoms with Gasteiger partial charge in [-0.25, -0.2) is 0 Å². The van der Waals surface area contributed by atoms with Crippen LogP contribution in [0.15, 0.2) is 54.6 Å². The Morgan fingerprint density at radius 3 is 2.32 bits per heavy atom. The molecule has 0 spiro atoms. The third-order valence-corrected chi connectivity index (χ3v) is 5.02. The second-order valence-corrected chi connectivity index (χ2v) is 7.14. The van der Waals surface area contributed by atoms with Gasteiger partial charge < -0.3 is 10.2 Å². The number of hydrogen-bond donors (Lipinski definition) is 1. The van der Waals surface area contributed by atoms with Crippen LogP contribution in [0.4, 0.5) is 0 Å². The van der Waals surface area contributed by atoms with E-state index in [0.717, 1.165) is 24.0 Å². The number of rotatable bonds is 10. The molecule has 0 unspecified atom stereocenters. The van der Waals surface area contributed by atoms with Crippen molar-refractivity contribution in [1.82, 2.24) is 10.2 Å². The van der Waals surface area contributed by atoms with Gasteiger partial charge >= 0.3 is 0 Å². The van der Waals surface area contributed by atoms with Crippen molar-refractivity contribution in [2.24, 2.45) is 0 Å². The van der Waals surface area contributed by atoms with E-state index >= 15 is 0 Å². The Labute approximate surface area is 169 Å². The summed E-state index contributed by atoms with van der Waals surface area (Å²) in [6.07, 6.45) is 2.53. The fourth-order valence-corrected chi connectivity index (χ4v) is 3.33. The second kappa shape index (κ2) is 11.3. The number of amides is 2. The summed E-state index contributed by atoms with van der Waals surface area (Å²) >= 11 is 0. The first-order chi connectivity index (χ1) is 13.6. The minimum atomic E-state index is -0.438. The van der Waals surface area contributed by atoms with Crippen molar-refractivity contribution in [3.8, 4) is 0 Å². The number of carbonyl (C=O) groups excluding carboxylic acids is 2. The quantitative estimate of drug-likeness (QED) is 0.679. The molecule has 150 valence electrons. The lowest BCUT2D eigenvalue weighted by molar-refractivity contribution is -0.140. The molecule has 0 saturated heterocycles. The fraction of sp³-hybridized carbons (Fsp3) is 0.417. The van der Waals surface area contributed by atoms with Crippen molar-refractivity contribution in [1.29, 1.82) is 0 Å². The largest absolute Gasteiger partial charge is 0.354 e. The molecule has 2 aromatic carbocycles. The molecular weight excluding hydrogens is 348 g/mol. The number of aryl methyl sites for hydroxylation is 1. The van der Waals surface area contributed by atoms with Crippen LogP contribution < -0.4 is 5.32 Å². The van der Waals surface area contributed by atoms with Crippen LogP contribution in [-0.2, 0) is 22.4 Å². The molecule has 0 heterocycles. The standard InChI is InChI=1S/C24H32N2O2/c1-4-16-25-24(28)22(5-2)26(17-15-20-12-7-6-8-13-20)23(27)18-21-14-10-9-11-19(21)3/h6-14,22H,4-5,15-18H2,1-3H3,(H,25,28)/t22-/m1/s1. The van der Waals surface area contributed by atoms with Crippen LogP contribution >= 0.6 is 0 Å². The molecule has 0 saturated carbocycles. The van der Waals surface area contributed by atoms with Gasteiger partial charge in [0.05, 0.1) is 6.42 Å². The Kier molecular flexibility index (Phi) is 8.73. The normalized spacial score (nSPS) is 11.7. The van der Waals surface area contributed by atoms with Crippen LogP contribution in [0.25, 0.3) is 0 Å². The second-order valence-electron chi connectivity index (χ2n) is 7.14. The maximum Gasteiger partial charge on any atom is 0.242 e. The molecule has 4 nitrogen and oxygen atoms in total. The van der Waals surface area contributed by atoms with Crippen LogP contribution in [0.1, 0.15) is 43.4 Å². The Bertz CT molecular complexity index is 758. The molecule has 2 aromatic rings. The zero-order valence-electron chi connectivity index (χ0n) is 17.3. The first kappa shape index (κ1) is 21.7. The summed E-state index contributed by atoms with van der Waals surface area (Å²) in [6, 6.07) is 17.6. The monoisotopic (exact) mass is 380 g/mol. The van der Waals surface area contributed by atoms with E-state index in [-0.39, 0.29) is 11.8 Å². The Hall–Kier alpha value is -2.62. The zero-order chi connectivity index (χ0) is 20.4. The van der Waals surface area contributed by atoms with Gasteiger partial charge in [0.15, 0.2) is 0 Å². The highest BCUT2D eigenvalue weighted by atomic mass is 16.2. The lowest BCUT2D eigenvalue weighted by Gasteiger charge is -2.31. The van der Waals surface area contributed by atoms with Gasteiger partial charge in [-0.3, -0.25) is 9.59 Å². The lowest BCUT2D eigenvalue weighted by Crippen LogP contribution is -2.50. The molecule has 0 bridgehead atoms. The SMILES string of the molecule is CCCNC(=O)[C@@H](CC)N(CCc1ccccc1)C(=O)Cc1ccccc1C. The zero-order valence-corrected chi connectivity index (χ0v) is 17.3. The van der Waals surface area contributed by atoms with E-state index in [1.165, 1.54) is 5.56 Å². The van der Waals surface area contributed by atoms with E-state index < -0.39 is 6.04 Å². The van der Waals surface area contributed by atoms with E-state index in [1.807, 2.05) is 63.2 Å². The average Bonchev–Trinajstić information content (AvgIpc) is 2.71. The molecule has 1 atom stereocenters. The smallest absolute Gasteiger partial charge is 0.242 e. The Morgan fingerprint density at radius 1 is 1.00 bits per heavy atom. The van der Waals surface area contributed by atoms with Gasteiger partial charge in [0.2, 0.25) is 11.8 Å². The Morgan fingerprint density at radius 2 is 1.68 bits per heavy atom. The summed E-state index contributed by atoms with van der Waals surface area (Å²) in [6.45, 7) is 7.17. The van der Waals surface area contributed by atoms with E-state index in [2.05, 4.69) is 17.4 Å². The third kappa shape index (κ3) is 6.22. The molecule has 2 amide bonds. The van der Waals surface area contributed by atoms with Crippen LogP contribution in [0.5, 0.6) is 0 Å². The molecule has 0 radical (unpaired) electrons. The highest BCUT2D eigenvalue weighted by molar-refractivity contribution is 5.88. The molecule has 28 heavy (non-hydrogen) atoms. The van der Waals surface area contributed by atoms with Gasteiger partial charge in [0.25, 0.3) is 0 Å². The van der Waals surface area contributed by atoms with Crippen LogP contribution in [0, 0.1) is 6.92 Å². The average molecular weight is 381 g/mol. The number of nitrogens with one attached hydrogen (secondary N) is 1. The molecule has 0 aliphatic carbocycles. The minimum absolute atomic E-state index is 0.00345. The lowest BCUT2D eigenvalue weighted by atomic mass is 10.0. The van der Waals surface area contributed by atoms with Crippen molar-refractivity contribution in [3.63, 3.8) is 0 Å². The fourth-order valence-electron chi connectivity index (χ4n) is 3.33. The highest BCUT2D eigenvalue weighted by Gasteiger charge is 2.28. The molecule has 0 aliphatic heterocycles. The molecule has 1 N–H and O–H groups in total. The predicted molar refractivity (Wildman–Crippen MR) is 114 cm³/mol. The predicted octanol–water partition coefficient (Wildman–Crippen LogP) is 3.91. The third-order valence-electron chi connectivity index (χ3n) is 5.02. The summed E-state index contributed by atoms with van der Waals surface area (Å²) in [5, 5.41) is 2.96. The maximum atomic E-state index is 13.2. The number of nitrogens with zero attached hydrogens (tertiary/aromatic N) is 1. The van der Waals surface area contributed by atoms with Crippen molar-refractivity contribution < 1.29 is 9.59 Å². The van der Waals surface area contributed by atoms with Crippen molar-refractivity contribution in [2.75, 3.05) is 13.1 Å². The van der Waals surface area contributed by atoms with Crippen molar-refractivity contribution in [3.05, 3.63) is 71.3 Å². The van der Waals surface area contributed by atoms with Gasteiger partial charge in [0, 0.05) is 13.1 Å². The first-order valence-corrected chi connectivity index (χ1v) is 10.2. The molecule has 0 aromatic heterocycles. The molecule has 2 rings (SSSR count). The number of hydrogen-bond acceptors (Lipinski definition) is 2. The van der Waals surface area contributed by atoms with E-state index in [4.69, 9.17) is 0 Å². The minimum Gasteiger partial charge on any atom is -0.354 e. The first-order valence-electron chi connectivity index (χ1n) is 10.2. The van der Waals surface area contributed by atoms with Gasteiger partial charge in [-0.15, -0.1) is 0 Å². The van der Waals surface area contributed by atoms with Crippen LogP contribution in [0.2, 0.25) is 0 Å². The molecular formula is C24H32N2O2. The Balaban J connectivity index is 2.19. The summed E-state index contributed by atoms with van der Waals surface area (Å²) in [5.74, 6) is -0.0562. The van der Waals surface area contributed by atoms with E-state index in [1.54, 1.807) is 4.90 Å². The maximum absolute atomic E-state index is 13.2. The summed E-state index contributed by atoms with van der Waals surface area (Å²) in [7, 11) is 0. The van der Waals surface area contributed by atoms with Crippen molar-refractivity contribution in [2.45, 2.75) is 52.5 Å². The summed E-state index contributed by atoms with van der Waals surface area (Å²) in [4.78, 5) is 27.7. The number of benzene rings is 2. The summed E-state index contributed by atoms with van der Waals surface area (Å²) < 4.78 is 0. The number of carbonyl (C=O) groups is 2. The molecule has 0 aliphatic rings. The van der Waals surface area contributed by atoms with E-state index in [9.17, 15) is 9.59 Å². The summed E-state index contributed by atoms with van der Waals surface area (Å²) in [5.41, 5.74) is 3.28. The van der Waals surface area contributed by atoms with Gasteiger partial charge in [0.1, 0.15) is 6.04 Å². The highest BCUT2D eigenvalue weighted by Crippen LogP contribution is 2.14.